The molecule has 148 valence electrons. The second-order valence-electron chi connectivity index (χ2n) is 7.23. The molecule has 1 aliphatic heterocycles. The summed E-state index contributed by atoms with van der Waals surface area (Å²) in [5.41, 5.74) is 0.895. The van der Waals surface area contributed by atoms with Crippen molar-refractivity contribution in [1.29, 1.82) is 0 Å². The lowest BCUT2D eigenvalue weighted by Crippen LogP contribution is -2.36. The summed E-state index contributed by atoms with van der Waals surface area (Å²) < 4.78 is 10.7. The SMILES string of the molecule is COc1cc(NC(=O)CNCC2CC2)c(C(=O)N2CCCCC2)cc1OC. The average molecular weight is 375 g/mol. The van der Waals surface area contributed by atoms with Crippen LogP contribution in [0.25, 0.3) is 0 Å². The molecular weight excluding hydrogens is 346 g/mol. The van der Waals surface area contributed by atoms with Gasteiger partial charge >= 0.3 is 0 Å². The number of carbonyl (C=O) groups is 2. The van der Waals surface area contributed by atoms with Gasteiger partial charge in [0.25, 0.3) is 5.91 Å². The number of nitrogens with one attached hydrogen (secondary N) is 2. The van der Waals surface area contributed by atoms with Gasteiger partial charge in [0.05, 0.1) is 32.0 Å². The van der Waals surface area contributed by atoms with Crippen LogP contribution in [0.1, 0.15) is 42.5 Å². The van der Waals surface area contributed by atoms with Crippen molar-refractivity contribution in [2.45, 2.75) is 32.1 Å². The van der Waals surface area contributed by atoms with Gasteiger partial charge in [-0.15, -0.1) is 0 Å². The van der Waals surface area contributed by atoms with Crippen molar-refractivity contribution < 1.29 is 19.1 Å². The van der Waals surface area contributed by atoms with Crippen molar-refractivity contribution >= 4 is 17.5 Å². The van der Waals surface area contributed by atoms with E-state index in [1.165, 1.54) is 27.1 Å². The van der Waals surface area contributed by atoms with Crippen molar-refractivity contribution in [1.82, 2.24) is 10.2 Å². The van der Waals surface area contributed by atoms with Gasteiger partial charge in [-0.2, -0.15) is 0 Å². The Bertz CT molecular complexity index is 682. The molecule has 2 amide bonds. The van der Waals surface area contributed by atoms with Crippen LogP contribution in [0.4, 0.5) is 5.69 Å². The molecule has 1 saturated carbocycles. The van der Waals surface area contributed by atoms with Crippen LogP contribution in [0, 0.1) is 5.92 Å². The molecule has 2 aliphatic rings. The van der Waals surface area contributed by atoms with E-state index in [2.05, 4.69) is 10.6 Å². The summed E-state index contributed by atoms with van der Waals surface area (Å²) in [7, 11) is 3.07. The lowest BCUT2D eigenvalue weighted by molar-refractivity contribution is -0.115. The average Bonchev–Trinajstić information content (AvgIpc) is 3.52. The highest BCUT2D eigenvalue weighted by molar-refractivity contribution is 6.05. The normalized spacial score (nSPS) is 16.7. The molecule has 2 N–H and O–H groups in total. The van der Waals surface area contributed by atoms with Crippen LogP contribution in [0.3, 0.4) is 0 Å². The Morgan fingerprint density at radius 2 is 1.74 bits per heavy atom. The molecule has 1 heterocycles. The largest absolute Gasteiger partial charge is 0.493 e. The molecule has 0 radical (unpaired) electrons. The highest BCUT2D eigenvalue weighted by Gasteiger charge is 2.24. The summed E-state index contributed by atoms with van der Waals surface area (Å²) >= 11 is 0. The van der Waals surface area contributed by atoms with Gasteiger partial charge in [0, 0.05) is 19.2 Å². The number of amides is 2. The topological polar surface area (TPSA) is 79.9 Å². The zero-order valence-electron chi connectivity index (χ0n) is 16.2. The Morgan fingerprint density at radius 3 is 2.37 bits per heavy atom. The fourth-order valence-electron chi connectivity index (χ4n) is 3.33. The third-order valence-electron chi connectivity index (χ3n) is 5.09. The summed E-state index contributed by atoms with van der Waals surface area (Å²) in [4.78, 5) is 27.2. The molecule has 1 saturated heterocycles. The van der Waals surface area contributed by atoms with Gasteiger partial charge in [-0.05, 0) is 50.6 Å². The Balaban J connectivity index is 1.77. The number of likely N-dealkylation sites (tertiary alicyclic amines) is 1. The smallest absolute Gasteiger partial charge is 0.256 e. The van der Waals surface area contributed by atoms with Gasteiger partial charge < -0.3 is 25.0 Å². The zero-order chi connectivity index (χ0) is 19.2. The van der Waals surface area contributed by atoms with E-state index in [0.717, 1.165) is 38.9 Å². The first-order valence-corrected chi connectivity index (χ1v) is 9.68. The van der Waals surface area contributed by atoms with Crippen molar-refractivity contribution in [2.24, 2.45) is 5.92 Å². The van der Waals surface area contributed by atoms with Crippen molar-refractivity contribution in [2.75, 3.05) is 45.7 Å². The predicted molar refractivity (Wildman–Crippen MR) is 104 cm³/mol. The highest BCUT2D eigenvalue weighted by atomic mass is 16.5. The Hall–Kier alpha value is -2.28. The van der Waals surface area contributed by atoms with Crippen LogP contribution in [0.2, 0.25) is 0 Å². The summed E-state index contributed by atoms with van der Waals surface area (Å²) in [5, 5.41) is 6.03. The highest BCUT2D eigenvalue weighted by Crippen LogP contribution is 2.34. The summed E-state index contributed by atoms with van der Waals surface area (Å²) in [6, 6.07) is 3.32. The van der Waals surface area contributed by atoms with Gasteiger partial charge in [-0.1, -0.05) is 0 Å². The zero-order valence-corrected chi connectivity index (χ0v) is 16.2. The number of hydrogen-bond donors (Lipinski definition) is 2. The van der Waals surface area contributed by atoms with Crippen LogP contribution in [0.5, 0.6) is 11.5 Å². The first-order valence-electron chi connectivity index (χ1n) is 9.68. The summed E-state index contributed by atoms with van der Waals surface area (Å²) in [5.74, 6) is 1.40. The molecule has 7 nitrogen and oxygen atoms in total. The number of benzene rings is 1. The lowest BCUT2D eigenvalue weighted by atomic mass is 10.1. The first kappa shape index (κ1) is 19.5. The predicted octanol–water partition coefficient (Wildman–Crippen LogP) is 2.27. The van der Waals surface area contributed by atoms with Crippen LogP contribution in [-0.2, 0) is 4.79 Å². The van der Waals surface area contributed by atoms with Gasteiger partial charge in [-0.25, -0.2) is 0 Å². The lowest BCUT2D eigenvalue weighted by Gasteiger charge is -2.28. The van der Waals surface area contributed by atoms with E-state index >= 15 is 0 Å². The number of ether oxygens (including phenoxy) is 2. The van der Waals surface area contributed by atoms with E-state index in [9.17, 15) is 9.59 Å². The molecule has 0 atom stereocenters. The summed E-state index contributed by atoms with van der Waals surface area (Å²) in [6.45, 7) is 2.56. The van der Waals surface area contributed by atoms with E-state index in [0.29, 0.717) is 28.7 Å². The quantitative estimate of drug-likeness (QED) is 0.729. The number of nitrogens with zero attached hydrogens (tertiary/aromatic N) is 1. The van der Waals surface area contributed by atoms with Crippen LogP contribution < -0.4 is 20.1 Å². The number of piperidine rings is 1. The maximum Gasteiger partial charge on any atom is 0.256 e. The molecule has 0 unspecified atom stereocenters. The third-order valence-corrected chi connectivity index (χ3v) is 5.09. The van der Waals surface area contributed by atoms with Gasteiger partial charge in [0.2, 0.25) is 5.91 Å². The Morgan fingerprint density at radius 1 is 1.07 bits per heavy atom. The van der Waals surface area contributed by atoms with E-state index in [1.807, 2.05) is 4.90 Å². The Labute approximate surface area is 160 Å². The second kappa shape index (κ2) is 9.08. The minimum absolute atomic E-state index is 0.0862. The second-order valence-corrected chi connectivity index (χ2v) is 7.23. The minimum atomic E-state index is -0.171. The molecular formula is C20H29N3O4. The first-order chi connectivity index (χ1) is 13.1. The Kier molecular flexibility index (Phi) is 6.55. The van der Waals surface area contributed by atoms with E-state index < -0.39 is 0 Å². The standard InChI is InChI=1S/C20H29N3O4/c1-26-17-10-15(20(25)23-8-4-3-5-9-23)16(11-18(17)27-2)22-19(24)13-21-12-14-6-7-14/h10-11,14,21H,3-9,12-13H2,1-2H3,(H,22,24). The van der Waals surface area contributed by atoms with Crippen LogP contribution in [-0.4, -0.2) is 57.1 Å². The number of rotatable bonds is 8. The molecule has 1 aromatic rings. The fraction of sp³-hybridized carbons (Fsp3) is 0.600. The third kappa shape index (κ3) is 5.13. The molecule has 7 heteroatoms. The molecule has 2 fully saturated rings. The molecule has 0 aromatic heterocycles. The molecule has 1 aromatic carbocycles. The van der Waals surface area contributed by atoms with E-state index in [1.54, 1.807) is 12.1 Å². The molecule has 1 aliphatic carbocycles. The van der Waals surface area contributed by atoms with Crippen LogP contribution >= 0.6 is 0 Å². The van der Waals surface area contributed by atoms with E-state index in [-0.39, 0.29) is 18.4 Å². The fourth-order valence-corrected chi connectivity index (χ4v) is 3.33. The van der Waals surface area contributed by atoms with Crippen molar-refractivity contribution in [3.8, 4) is 11.5 Å². The summed E-state index contributed by atoms with van der Waals surface area (Å²) in [6.07, 6.45) is 5.63. The minimum Gasteiger partial charge on any atom is -0.493 e. The molecule has 0 spiro atoms. The number of anilines is 1. The van der Waals surface area contributed by atoms with Gasteiger partial charge in [0.1, 0.15) is 0 Å². The number of hydrogen-bond acceptors (Lipinski definition) is 5. The maximum atomic E-state index is 13.0. The van der Waals surface area contributed by atoms with Gasteiger partial charge in [-0.3, -0.25) is 9.59 Å². The number of methoxy groups -OCH3 is 2. The van der Waals surface area contributed by atoms with E-state index in [4.69, 9.17) is 9.47 Å². The number of carbonyl (C=O) groups excluding carboxylic acids is 2. The maximum absolute atomic E-state index is 13.0. The van der Waals surface area contributed by atoms with Crippen molar-refractivity contribution in [3.63, 3.8) is 0 Å². The van der Waals surface area contributed by atoms with Crippen LogP contribution in [0.15, 0.2) is 12.1 Å². The van der Waals surface area contributed by atoms with Crippen molar-refractivity contribution in [3.05, 3.63) is 17.7 Å². The van der Waals surface area contributed by atoms with Gasteiger partial charge in [0.15, 0.2) is 11.5 Å². The molecule has 27 heavy (non-hydrogen) atoms. The monoisotopic (exact) mass is 375 g/mol. The molecule has 0 bridgehead atoms. The molecule has 3 rings (SSSR count).